The second-order valence-electron chi connectivity index (χ2n) is 7.95. The SMILES string of the molecule is CC[C@H](NC(=O)C1CCN(Cc2ccccc2F)CC1)c1ccc(C)c(C)c1. The second-order valence-corrected chi connectivity index (χ2v) is 7.95. The quantitative estimate of drug-likeness (QED) is 0.769. The summed E-state index contributed by atoms with van der Waals surface area (Å²) in [6.07, 6.45) is 2.52. The number of halogens is 1. The predicted molar refractivity (Wildman–Crippen MR) is 111 cm³/mol. The third-order valence-corrected chi connectivity index (χ3v) is 5.97. The van der Waals surface area contributed by atoms with Crippen LogP contribution in [0.3, 0.4) is 0 Å². The first kappa shape index (κ1) is 20.5. The number of nitrogens with zero attached hydrogens (tertiary/aromatic N) is 1. The smallest absolute Gasteiger partial charge is 0.223 e. The van der Waals surface area contributed by atoms with Crippen LogP contribution >= 0.6 is 0 Å². The highest BCUT2D eigenvalue weighted by molar-refractivity contribution is 5.79. The molecule has 0 unspecified atom stereocenters. The van der Waals surface area contributed by atoms with Crippen molar-refractivity contribution < 1.29 is 9.18 Å². The summed E-state index contributed by atoms with van der Waals surface area (Å²) in [7, 11) is 0. The van der Waals surface area contributed by atoms with E-state index in [-0.39, 0.29) is 23.7 Å². The molecule has 1 fully saturated rings. The lowest BCUT2D eigenvalue weighted by atomic mass is 9.94. The summed E-state index contributed by atoms with van der Waals surface area (Å²) < 4.78 is 13.9. The molecule has 0 aliphatic carbocycles. The standard InChI is InChI=1S/C24H31FN2O/c1-4-23(20-10-9-17(2)18(3)15-20)26-24(28)19-11-13-27(14-12-19)16-21-7-5-6-8-22(21)25/h5-10,15,19,23H,4,11-14,16H2,1-3H3,(H,26,28)/t23-/m0/s1. The van der Waals surface area contributed by atoms with Crippen molar-refractivity contribution in [1.82, 2.24) is 10.2 Å². The molecule has 150 valence electrons. The predicted octanol–water partition coefficient (Wildman–Crippen LogP) is 4.92. The summed E-state index contributed by atoms with van der Waals surface area (Å²) in [5.41, 5.74) is 4.43. The Morgan fingerprint density at radius 2 is 1.86 bits per heavy atom. The fraction of sp³-hybridized carbons (Fsp3) is 0.458. The van der Waals surface area contributed by atoms with Crippen LogP contribution in [0.25, 0.3) is 0 Å². The Kier molecular flexibility index (Phi) is 6.84. The Balaban J connectivity index is 1.54. The van der Waals surface area contributed by atoms with Crippen LogP contribution in [0.15, 0.2) is 42.5 Å². The highest BCUT2D eigenvalue weighted by atomic mass is 19.1. The Hall–Kier alpha value is -2.20. The minimum absolute atomic E-state index is 0.0393. The van der Waals surface area contributed by atoms with Crippen molar-refractivity contribution in [2.24, 2.45) is 5.92 Å². The maximum atomic E-state index is 13.9. The normalized spacial score (nSPS) is 16.7. The average Bonchev–Trinajstić information content (AvgIpc) is 2.70. The highest BCUT2D eigenvalue weighted by Crippen LogP contribution is 2.24. The zero-order valence-electron chi connectivity index (χ0n) is 17.2. The first-order valence-corrected chi connectivity index (χ1v) is 10.3. The molecule has 1 amide bonds. The van der Waals surface area contributed by atoms with Crippen LogP contribution in [0.1, 0.15) is 54.5 Å². The lowest BCUT2D eigenvalue weighted by Crippen LogP contribution is -2.41. The van der Waals surface area contributed by atoms with E-state index in [4.69, 9.17) is 0 Å². The molecule has 2 aromatic carbocycles. The summed E-state index contributed by atoms with van der Waals surface area (Å²) in [5, 5.41) is 3.26. The van der Waals surface area contributed by atoms with Crippen LogP contribution < -0.4 is 5.32 Å². The minimum atomic E-state index is -0.151. The lowest BCUT2D eigenvalue weighted by molar-refractivity contribution is -0.127. The highest BCUT2D eigenvalue weighted by Gasteiger charge is 2.27. The van der Waals surface area contributed by atoms with Gasteiger partial charge in [0.05, 0.1) is 6.04 Å². The fourth-order valence-corrected chi connectivity index (χ4v) is 3.91. The number of aryl methyl sites for hydroxylation is 2. The third kappa shape index (κ3) is 4.99. The van der Waals surface area contributed by atoms with Crippen molar-refractivity contribution in [3.8, 4) is 0 Å². The molecule has 1 saturated heterocycles. The van der Waals surface area contributed by atoms with Gasteiger partial charge in [-0.2, -0.15) is 0 Å². The Morgan fingerprint density at radius 3 is 2.50 bits per heavy atom. The van der Waals surface area contributed by atoms with Crippen LogP contribution in [0, 0.1) is 25.6 Å². The number of hydrogen-bond donors (Lipinski definition) is 1. The zero-order chi connectivity index (χ0) is 20.1. The summed E-state index contributed by atoms with van der Waals surface area (Å²) in [6, 6.07) is 13.4. The molecule has 1 aliphatic heterocycles. The van der Waals surface area contributed by atoms with Crippen molar-refractivity contribution in [3.05, 3.63) is 70.5 Å². The van der Waals surface area contributed by atoms with Crippen molar-refractivity contribution >= 4 is 5.91 Å². The summed E-state index contributed by atoms with van der Waals surface area (Å²) in [4.78, 5) is 15.1. The third-order valence-electron chi connectivity index (χ3n) is 5.97. The van der Waals surface area contributed by atoms with Crippen LogP contribution in [-0.4, -0.2) is 23.9 Å². The molecule has 28 heavy (non-hydrogen) atoms. The van der Waals surface area contributed by atoms with E-state index in [2.05, 4.69) is 49.2 Å². The molecule has 2 aromatic rings. The van der Waals surface area contributed by atoms with Gasteiger partial charge in [0.1, 0.15) is 5.82 Å². The van der Waals surface area contributed by atoms with Crippen LogP contribution in [0.4, 0.5) is 4.39 Å². The van der Waals surface area contributed by atoms with Crippen molar-refractivity contribution in [3.63, 3.8) is 0 Å². The molecule has 1 heterocycles. The van der Waals surface area contributed by atoms with E-state index in [1.54, 1.807) is 6.07 Å². The largest absolute Gasteiger partial charge is 0.349 e. The zero-order valence-corrected chi connectivity index (χ0v) is 17.2. The van der Waals surface area contributed by atoms with Gasteiger partial charge >= 0.3 is 0 Å². The molecule has 1 N–H and O–H groups in total. The van der Waals surface area contributed by atoms with E-state index in [0.717, 1.165) is 37.9 Å². The topological polar surface area (TPSA) is 32.3 Å². The van der Waals surface area contributed by atoms with E-state index in [9.17, 15) is 9.18 Å². The summed E-state index contributed by atoms with van der Waals surface area (Å²) >= 11 is 0. The summed E-state index contributed by atoms with van der Waals surface area (Å²) in [6.45, 7) is 8.59. The number of benzene rings is 2. The number of amides is 1. The Labute approximate surface area is 167 Å². The summed E-state index contributed by atoms with van der Waals surface area (Å²) in [5.74, 6) is 0.0367. The van der Waals surface area contributed by atoms with Gasteiger partial charge in [-0.1, -0.05) is 43.3 Å². The van der Waals surface area contributed by atoms with Crippen LogP contribution in [0.5, 0.6) is 0 Å². The van der Waals surface area contributed by atoms with Crippen molar-refractivity contribution in [2.75, 3.05) is 13.1 Å². The van der Waals surface area contributed by atoms with Gasteiger partial charge < -0.3 is 5.32 Å². The van der Waals surface area contributed by atoms with Crippen molar-refractivity contribution in [2.45, 2.75) is 52.6 Å². The fourth-order valence-electron chi connectivity index (χ4n) is 3.91. The number of carbonyl (C=O) groups is 1. The molecule has 0 saturated carbocycles. The van der Waals surface area contributed by atoms with Crippen LogP contribution in [-0.2, 0) is 11.3 Å². The van der Waals surface area contributed by atoms with Gasteiger partial charge in [-0.05, 0) is 69.0 Å². The Bertz CT molecular complexity index is 812. The number of rotatable bonds is 6. The first-order valence-electron chi connectivity index (χ1n) is 10.3. The molecule has 3 nitrogen and oxygen atoms in total. The van der Waals surface area contributed by atoms with E-state index in [1.807, 2.05) is 12.1 Å². The van der Waals surface area contributed by atoms with Gasteiger partial charge in [-0.3, -0.25) is 9.69 Å². The molecule has 1 aliphatic rings. The monoisotopic (exact) mass is 382 g/mol. The van der Waals surface area contributed by atoms with E-state index < -0.39 is 0 Å². The van der Waals surface area contributed by atoms with Gasteiger partial charge in [0.15, 0.2) is 0 Å². The van der Waals surface area contributed by atoms with E-state index >= 15 is 0 Å². The Morgan fingerprint density at radius 1 is 1.14 bits per heavy atom. The second kappa shape index (κ2) is 9.33. The maximum absolute atomic E-state index is 13.9. The number of piperidine rings is 1. The maximum Gasteiger partial charge on any atom is 0.223 e. The molecular weight excluding hydrogens is 351 g/mol. The van der Waals surface area contributed by atoms with Gasteiger partial charge in [-0.15, -0.1) is 0 Å². The lowest BCUT2D eigenvalue weighted by Gasteiger charge is -2.32. The van der Waals surface area contributed by atoms with E-state index in [0.29, 0.717) is 6.54 Å². The number of nitrogens with one attached hydrogen (secondary N) is 1. The molecular formula is C24H31FN2O. The molecule has 3 rings (SSSR count). The number of hydrogen-bond acceptors (Lipinski definition) is 2. The first-order chi connectivity index (χ1) is 13.5. The number of carbonyl (C=O) groups excluding carboxylic acids is 1. The minimum Gasteiger partial charge on any atom is -0.349 e. The molecule has 0 bridgehead atoms. The molecule has 0 aromatic heterocycles. The van der Waals surface area contributed by atoms with Crippen LogP contribution in [0.2, 0.25) is 0 Å². The molecule has 0 spiro atoms. The molecule has 0 radical (unpaired) electrons. The molecule has 4 heteroatoms. The average molecular weight is 383 g/mol. The van der Waals surface area contributed by atoms with Gasteiger partial charge in [-0.25, -0.2) is 4.39 Å². The molecule has 1 atom stereocenters. The van der Waals surface area contributed by atoms with Gasteiger partial charge in [0, 0.05) is 18.0 Å². The number of likely N-dealkylation sites (tertiary alicyclic amines) is 1. The van der Waals surface area contributed by atoms with Gasteiger partial charge in [0.2, 0.25) is 5.91 Å². The van der Waals surface area contributed by atoms with E-state index in [1.165, 1.54) is 22.8 Å². The van der Waals surface area contributed by atoms with Crippen molar-refractivity contribution in [1.29, 1.82) is 0 Å². The van der Waals surface area contributed by atoms with Gasteiger partial charge in [0.25, 0.3) is 0 Å².